The van der Waals surface area contributed by atoms with Gasteiger partial charge in [-0.2, -0.15) is 5.10 Å². The third kappa shape index (κ3) is 1.71. The molecule has 18 heavy (non-hydrogen) atoms. The van der Waals surface area contributed by atoms with Gasteiger partial charge in [0.1, 0.15) is 11.5 Å². The highest BCUT2D eigenvalue weighted by molar-refractivity contribution is 7.13. The molecule has 0 radical (unpaired) electrons. The maximum Gasteiger partial charge on any atom is 0.130 e. The Labute approximate surface area is 109 Å². The number of nitrogen functional groups attached to an aromatic ring is 1. The highest BCUT2D eigenvalue weighted by atomic mass is 32.1. The van der Waals surface area contributed by atoms with Crippen LogP contribution in [0.25, 0.3) is 16.3 Å². The number of rotatable bonds is 2. The fraction of sp³-hybridized carbons (Fsp3) is 0.0714. The molecule has 2 N–H and O–H groups in total. The lowest BCUT2D eigenvalue weighted by atomic mass is 10.2. The van der Waals surface area contributed by atoms with Crippen molar-refractivity contribution in [1.82, 2.24) is 9.78 Å². The van der Waals surface area contributed by atoms with Gasteiger partial charge < -0.3 is 5.73 Å². The zero-order valence-electron chi connectivity index (χ0n) is 10.00. The molecule has 2 heterocycles. The highest BCUT2D eigenvalue weighted by Crippen LogP contribution is 2.31. The molecule has 3 aromatic rings. The zero-order chi connectivity index (χ0) is 12.5. The molecule has 0 aliphatic carbocycles. The first-order valence-corrected chi connectivity index (χ1v) is 6.60. The molecule has 0 aliphatic rings. The van der Waals surface area contributed by atoms with E-state index in [0.29, 0.717) is 5.82 Å². The van der Waals surface area contributed by atoms with Gasteiger partial charge in [-0.05, 0) is 30.5 Å². The fourth-order valence-electron chi connectivity index (χ4n) is 1.92. The van der Waals surface area contributed by atoms with Gasteiger partial charge in [0, 0.05) is 5.56 Å². The van der Waals surface area contributed by atoms with Crippen molar-refractivity contribution in [2.45, 2.75) is 6.92 Å². The molecule has 1 aromatic carbocycles. The van der Waals surface area contributed by atoms with Crippen molar-refractivity contribution >= 4 is 17.2 Å². The van der Waals surface area contributed by atoms with Crippen LogP contribution >= 0.6 is 11.3 Å². The maximum atomic E-state index is 6.15. The van der Waals surface area contributed by atoms with E-state index < -0.39 is 0 Å². The van der Waals surface area contributed by atoms with Crippen LogP contribution < -0.4 is 5.73 Å². The Hall–Kier alpha value is -2.07. The van der Waals surface area contributed by atoms with E-state index >= 15 is 0 Å². The molecule has 0 bridgehead atoms. The molecule has 0 spiro atoms. The SMILES string of the molecule is Cc1c(-c2cccs2)nn(-c2ccccc2)c1N. The van der Waals surface area contributed by atoms with Crippen LogP contribution in [0.3, 0.4) is 0 Å². The van der Waals surface area contributed by atoms with Crippen molar-refractivity contribution in [3.05, 3.63) is 53.4 Å². The molecule has 3 rings (SSSR count). The number of nitrogens with zero attached hydrogens (tertiary/aromatic N) is 2. The van der Waals surface area contributed by atoms with Crippen LogP contribution in [0, 0.1) is 6.92 Å². The standard InChI is InChI=1S/C14H13N3S/c1-10-13(12-8-5-9-18-12)16-17(14(10)15)11-6-3-2-4-7-11/h2-9H,15H2,1H3. The summed E-state index contributed by atoms with van der Waals surface area (Å²) in [7, 11) is 0. The van der Waals surface area contributed by atoms with Gasteiger partial charge in [-0.25, -0.2) is 4.68 Å². The second-order valence-electron chi connectivity index (χ2n) is 4.08. The molecule has 0 unspecified atom stereocenters. The lowest BCUT2D eigenvalue weighted by Gasteiger charge is -2.02. The summed E-state index contributed by atoms with van der Waals surface area (Å²) >= 11 is 1.68. The molecular weight excluding hydrogens is 242 g/mol. The summed E-state index contributed by atoms with van der Waals surface area (Å²) in [5.41, 5.74) is 9.13. The first-order chi connectivity index (χ1) is 8.77. The van der Waals surface area contributed by atoms with Crippen molar-refractivity contribution in [3.63, 3.8) is 0 Å². The van der Waals surface area contributed by atoms with Crippen LogP contribution in [0.15, 0.2) is 47.8 Å². The number of hydrogen-bond donors (Lipinski definition) is 1. The molecule has 0 aliphatic heterocycles. The van der Waals surface area contributed by atoms with Crippen LogP contribution in [-0.2, 0) is 0 Å². The van der Waals surface area contributed by atoms with Crippen molar-refractivity contribution in [2.75, 3.05) is 5.73 Å². The van der Waals surface area contributed by atoms with Crippen molar-refractivity contribution in [3.8, 4) is 16.3 Å². The summed E-state index contributed by atoms with van der Waals surface area (Å²) in [4.78, 5) is 1.15. The largest absolute Gasteiger partial charge is 0.383 e. The fourth-order valence-corrected chi connectivity index (χ4v) is 2.69. The van der Waals surface area contributed by atoms with E-state index in [2.05, 4.69) is 11.2 Å². The number of aromatic nitrogens is 2. The molecule has 0 saturated heterocycles. The Kier molecular flexibility index (Phi) is 2.64. The lowest BCUT2D eigenvalue weighted by Crippen LogP contribution is -2.01. The summed E-state index contributed by atoms with van der Waals surface area (Å²) in [5, 5.41) is 6.67. The van der Waals surface area contributed by atoms with Crippen LogP contribution in [0.4, 0.5) is 5.82 Å². The second kappa shape index (κ2) is 4.31. The lowest BCUT2D eigenvalue weighted by molar-refractivity contribution is 0.896. The quantitative estimate of drug-likeness (QED) is 0.761. The molecule has 4 heteroatoms. The van der Waals surface area contributed by atoms with Crippen molar-refractivity contribution in [1.29, 1.82) is 0 Å². The Morgan fingerprint density at radius 1 is 1.11 bits per heavy atom. The van der Waals surface area contributed by atoms with Gasteiger partial charge in [0.15, 0.2) is 0 Å². The third-order valence-corrected chi connectivity index (χ3v) is 3.80. The predicted molar refractivity (Wildman–Crippen MR) is 76.0 cm³/mol. The molecule has 0 fully saturated rings. The summed E-state index contributed by atoms with van der Waals surface area (Å²) in [6.45, 7) is 2.01. The van der Waals surface area contributed by atoms with E-state index in [9.17, 15) is 0 Å². The number of anilines is 1. The maximum absolute atomic E-state index is 6.15. The van der Waals surface area contributed by atoms with Gasteiger partial charge in [-0.1, -0.05) is 24.3 Å². The molecule has 0 amide bonds. The summed E-state index contributed by atoms with van der Waals surface area (Å²) in [6, 6.07) is 14.0. The molecule has 3 nitrogen and oxygen atoms in total. The Bertz CT molecular complexity index is 654. The number of benzene rings is 1. The van der Waals surface area contributed by atoms with Crippen molar-refractivity contribution in [2.24, 2.45) is 0 Å². The Morgan fingerprint density at radius 2 is 1.89 bits per heavy atom. The summed E-state index contributed by atoms with van der Waals surface area (Å²) in [6.07, 6.45) is 0. The van der Waals surface area contributed by atoms with Gasteiger partial charge in [0.05, 0.1) is 10.6 Å². The van der Waals surface area contributed by atoms with E-state index in [4.69, 9.17) is 5.73 Å². The topological polar surface area (TPSA) is 43.8 Å². The predicted octanol–water partition coefficient (Wildman–Crippen LogP) is 3.49. The van der Waals surface area contributed by atoms with Gasteiger partial charge in [0.25, 0.3) is 0 Å². The van der Waals surface area contributed by atoms with Gasteiger partial charge in [0.2, 0.25) is 0 Å². The highest BCUT2D eigenvalue weighted by Gasteiger charge is 2.14. The van der Waals surface area contributed by atoms with Gasteiger partial charge >= 0.3 is 0 Å². The molecule has 90 valence electrons. The van der Waals surface area contributed by atoms with Gasteiger partial charge in [-0.15, -0.1) is 11.3 Å². The van der Waals surface area contributed by atoms with Crippen LogP contribution in [-0.4, -0.2) is 9.78 Å². The minimum absolute atomic E-state index is 0.699. The number of thiophene rings is 1. The molecular formula is C14H13N3S. The van der Waals surface area contributed by atoms with E-state index in [1.54, 1.807) is 16.0 Å². The smallest absolute Gasteiger partial charge is 0.130 e. The second-order valence-corrected chi connectivity index (χ2v) is 5.03. The monoisotopic (exact) mass is 255 g/mol. The van der Waals surface area contributed by atoms with E-state index in [1.807, 2.05) is 48.7 Å². The Morgan fingerprint density at radius 3 is 2.56 bits per heavy atom. The van der Waals surface area contributed by atoms with Crippen molar-refractivity contribution < 1.29 is 0 Å². The summed E-state index contributed by atoms with van der Waals surface area (Å²) in [5.74, 6) is 0.699. The first-order valence-electron chi connectivity index (χ1n) is 5.72. The average Bonchev–Trinajstić information content (AvgIpc) is 3.01. The molecule has 2 aromatic heterocycles. The number of para-hydroxylation sites is 1. The van der Waals surface area contributed by atoms with E-state index in [1.165, 1.54) is 0 Å². The third-order valence-electron chi connectivity index (χ3n) is 2.92. The first kappa shape index (κ1) is 11.0. The summed E-state index contributed by atoms with van der Waals surface area (Å²) < 4.78 is 1.80. The minimum atomic E-state index is 0.699. The number of nitrogens with two attached hydrogens (primary N) is 1. The molecule has 0 atom stereocenters. The molecule has 0 saturated carbocycles. The van der Waals surface area contributed by atoms with Crippen LogP contribution in [0.5, 0.6) is 0 Å². The zero-order valence-corrected chi connectivity index (χ0v) is 10.8. The van der Waals surface area contributed by atoms with E-state index in [-0.39, 0.29) is 0 Å². The van der Waals surface area contributed by atoms with Crippen LogP contribution in [0.1, 0.15) is 5.56 Å². The Balaban J connectivity index is 2.16. The average molecular weight is 255 g/mol. The van der Waals surface area contributed by atoms with Gasteiger partial charge in [-0.3, -0.25) is 0 Å². The normalized spacial score (nSPS) is 10.7. The number of hydrogen-bond acceptors (Lipinski definition) is 3. The minimum Gasteiger partial charge on any atom is -0.383 e. The van der Waals surface area contributed by atoms with Crippen LogP contribution in [0.2, 0.25) is 0 Å². The van der Waals surface area contributed by atoms with E-state index in [0.717, 1.165) is 21.8 Å².